The van der Waals surface area contributed by atoms with Gasteiger partial charge < -0.3 is 38.8 Å². The first-order valence-electron chi connectivity index (χ1n) is 24.2. The predicted molar refractivity (Wildman–Crippen MR) is 253 cm³/mol. The van der Waals surface area contributed by atoms with Gasteiger partial charge in [0.2, 0.25) is 5.79 Å². The van der Waals surface area contributed by atoms with E-state index < -0.39 is 77.8 Å². The van der Waals surface area contributed by atoms with Gasteiger partial charge >= 0.3 is 5.97 Å². The van der Waals surface area contributed by atoms with Crippen LogP contribution in [0.15, 0.2) is 78.4 Å². The molecular formula is C54H75NO11. The van der Waals surface area contributed by atoms with Crippen molar-refractivity contribution in [3.63, 3.8) is 0 Å². The molecule has 0 radical (unpaired) electrons. The van der Waals surface area contributed by atoms with Crippen LogP contribution in [0.1, 0.15) is 117 Å². The highest BCUT2D eigenvalue weighted by Gasteiger charge is 2.56. The zero-order valence-corrected chi connectivity index (χ0v) is 40.5. The zero-order chi connectivity index (χ0) is 47.9. The zero-order valence-electron chi connectivity index (χ0n) is 40.5. The summed E-state index contributed by atoms with van der Waals surface area (Å²) in [5, 5.41) is 26.4. The molecule has 14 atom stereocenters. The number of nitrogens with zero attached hydrogens (tertiary/aromatic N) is 1. The number of carbonyl (C=O) groups is 4. The van der Waals surface area contributed by atoms with Gasteiger partial charge in [0.25, 0.3) is 11.7 Å². The molecule has 14 unspecified atom stereocenters. The van der Waals surface area contributed by atoms with Gasteiger partial charge in [-0.05, 0) is 112 Å². The molecule has 3 aliphatic heterocycles. The second kappa shape index (κ2) is 22.8. The smallest absolute Gasteiger partial charge is 0.329 e. The lowest BCUT2D eigenvalue weighted by Crippen LogP contribution is -2.64. The number of carbonyl (C=O) groups excluding carboxylic acids is 4. The summed E-state index contributed by atoms with van der Waals surface area (Å²) in [6.07, 6.45) is 6.79. The third-order valence-electron chi connectivity index (χ3n) is 15.1. The Morgan fingerprint density at radius 1 is 0.894 bits per heavy atom. The molecule has 1 amide bonds. The topological polar surface area (TPSA) is 158 Å². The lowest BCUT2D eigenvalue weighted by molar-refractivity contribution is -0.302. The van der Waals surface area contributed by atoms with Crippen LogP contribution in [0.25, 0.3) is 10.8 Å². The molecule has 0 aromatic heterocycles. The minimum Gasteiger partial charge on any atom is -0.456 e. The standard InChI is InChI=1S/C54H75NO11/c1-10-15-41-25-32(2)24-33(3)26-47(63-8)50-48(64-9)28-35(5)54(61,66-50)51(58)52(59)55-23-14-13-18-43(55)53(60)65-49(36(6)44(56)31-45(41)57)34(4)27-37-19-22-42(46(29-37)62-7)40-21-20-38-16-11-12-17-39(38)30-40/h10-12,16-17,20-21,25,27,30,33,35-37,41-44,46-50,56,61H,1,13-15,18-19,22-24,26,28-29,31H2,2-9H3. The lowest BCUT2D eigenvalue weighted by atomic mass is 9.75. The summed E-state index contributed by atoms with van der Waals surface area (Å²) in [6, 6.07) is 13.8. The summed E-state index contributed by atoms with van der Waals surface area (Å²) in [6.45, 7) is 13.4. The van der Waals surface area contributed by atoms with E-state index in [0.717, 1.165) is 24.8 Å². The molecule has 1 saturated carbocycles. The number of Topliss-reactive ketones (excluding diaryl/α,β-unsaturated/α-hetero) is 2. The Morgan fingerprint density at radius 3 is 2.29 bits per heavy atom. The number of benzene rings is 2. The van der Waals surface area contributed by atoms with Crippen LogP contribution in [-0.4, -0.2) is 115 Å². The van der Waals surface area contributed by atoms with Gasteiger partial charge in [0.15, 0.2) is 0 Å². The van der Waals surface area contributed by atoms with E-state index in [9.17, 15) is 29.4 Å². The lowest BCUT2D eigenvalue weighted by Gasteiger charge is -2.47. The number of cyclic esters (lactones) is 1. The van der Waals surface area contributed by atoms with Crippen LogP contribution in [0, 0.1) is 29.6 Å². The number of rotatable bonds is 8. The molecule has 2 bridgehead atoms. The Balaban J connectivity index is 1.33. The molecule has 1 aliphatic carbocycles. The van der Waals surface area contributed by atoms with Crippen molar-refractivity contribution in [1.82, 2.24) is 4.90 Å². The molecule has 2 aromatic rings. The summed E-state index contributed by atoms with van der Waals surface area (Å²) in [7, 11) is 4.82. The van der Waals surface area contributed by atoms with E-state index in [-0.39, 0.29) is 55.4 Å². The Hall–Kier alpha value is -4.04. The molecular weight excluding hydrogens is 839 g/mol. The molecule has 2 N–H and O–H groups in total. The van der Waals surface area contributed by atoms with Crippen molar-refractivity contribution in [1.29, 1.82) is 0 Å². The normalized spacial score (nSPS) is 36.2. The van der Waals surface area contributed by atoms with Gasteiger partial charge in [-0.25, -0.2) is 4.79 Å². The van der Waals surface area contributed by atoms with E-state index in [2.05, 4.69) is 49.9 Å². The maximum Gasteiger partial charge on any atom is 0.329 e. The number of aliphatic hydroxyl groups is 2. The second-order valence-corrected chi connectivity index (χ2v) is 19.9. The minimum absolute atomic E-state index is 0.0111. The number of ether oxygens (including phenoxy) is 5. The van der Waals surface area contributed by atoms with Crippen LogP contribution in [-0.2, 0) is 42.9 Å². The van der Waals surface area contributed by atoms with E-state index in [4.69, 9.17) is 23.7 Å². The molecule has 0 spiro atoms. The second-order valence-electron chi connectivity index (χ2n) is 19.9. The molecule has 3 fully saturated rings. The predicted octanol–water partition coefficient (Wildman–Crippen LogP) is 8.22. The van der Waals surface area contributed by atoms with Gasteiger partial charge in [-0.3, -0.25) is 14.4 Å². The molecule has 12 heteroatoms. The largest absolute Gasteiger partial charge is 0.456 e. The van der Waals surface area contributed by atoms with Crippen molar-refractivity contribution < 1.29 is 53.1 Å². The van der Waals surface area contributed by atoms with Gasteiger partial charge in [0.1, 0.15) is 24.0 Å². The third-order valence-corrected chi connectivity index (χ3v) is 15.1. The summed E-state index contributed by atoms with van der Waals surface area (Å²) in [5.41, 5.74) is 2.92. The van der Waals surface area contributed by atoms with Gasteiger partial charge in [0.05, 0.1) is 24.4 Å². The fourth-order valence-electron chi connectivity index (χ4n) is 11.3. The Kier molecular flexibility index (Phi) is 17.8. The maximum absolute atomic E-state index is 14.6. The number of aliphatic hydroxyl groups excluding tert-OH is 1. The molecule has 2 aromatic carbocycles. The van der Waals surface area contributed by atoms with Crippen molar-refractivity contribution in [3.05, 3.63) is 84.0 Å². The van der Waals surface area contributed by atoms with Crippen molar-refractivity contribution >= 4 is 34.2 Å². The van der Waals surface area contributed by atoms with Crippen LogP contribution in [0.2, 0.25) is 0 Å². The maximum atomic E-state index is 14.6. The number of amides is 1. The first-order valence-corrected chi connectivity index (χ1v) is 24.2. The van der Waals surface area contributed by atoms with Crippen LogP contribution in [0.3, 0.4) is 0 Å². The number of hydrogen-bond acceptors (Lipinski definition) is 11. The van der Waals surface area contributed by atoms with E-state index in [1.165, 1.54) is 35.5 Å². The van der Waals surface area contributed by atoms with Crippen molar-refractivity contribution in [2.24, 2.45) is 29.6 Å². The number of methoxy groups -OCH3 is 3. The number of allylic oxidation sites excluding steroid dienone is 4. The molecule has 2 saturated heterocycles. The Labute approximate surface area is 392 Å². The first kappa shape index (κ1) is 51.4. The number of esters is 1. The fourth-order valence-corrected chi connectivity index (χ4v) is 11.3. The highest BCUT2D eigenvalue weighted by molar-refractivity contribution is 6.39. The average molecular weight is 914 g/mol. The Bertz CT molecular complexity index is 2100. The molecule has 4 aliphatic rings. The van der Waals surface area contributed by atoms with Crippen LogP contribution in [0.5, 0.6) is 0 Å². The summed E-state index contributed by atoms with van der Waals surface area (Å²) < 4.78 is 30.7. The SMILES string of the molecule is C=CCC1C=C(C)CC(C)CC(OC)C2OC(O)(C(=O)C(=O)N3CCCCC3C(=O)OC(C(C)=CC3CCC(c4ccc5ccccc5c4)C(OC)C3)C(C)C(O)CC1=O)C(C)CC2OC. The van der Waals surface area contributed by atoms with Gasteiger partial charge in [-0.1, -0.05) is 87.0 Å². The fraction of sp³-hybridized carbons (Fsp3) is 0.630. The van der Waals surface area contributed by atoms with Crippen molar-refractivity contribution in [2.75, 3.05) is 27.9 Å². The van der Waals surface area contributed by atoms with Crippen LogP contribution in [0.4, 0.5) is 0 Å². The number of ketones is 2. The highest BCUT2D eigenvalue weighted by Crippen LogP contribution is 2.42. The number of piperidine rings is 1. The highest BCUT2D eigenvalue weighted by atomic mass is 16.7. The molecule has 3 heterocycles. The number of fused-ring (bicyclic) bond motifs is 4. The van der Waals surface area contributed by atoms with E-state index in [1.807, 2.05) is 32.1 Å². The monoisotopic (exact) mass is 914 g/mol. The molecule has 6 rings (SSSR count). The molecule has 362 valence electrons. The molecule has 12 nitrogen and oxygen atoms in total. The number of hydrogen-bond donors (Lipinski definition) is 2. The van der Waals surface area contributed by atoms with Crippen molar-refractivity contribution in [3.8, 4) is 0 Å². The summed E-state index contributed by atoms with van der Waals surface area (Å²) >= 11 is 0. The average Bonchev–Trinajstić information content (AvgIpc) is 3.31. The first-order chi connectivity index (χ1) is 31.5. The van der Waals surface area contributed by atoms with Crippen LogP contribution < -0.4 is 0 Å². The summed E-state index contributed by atoms with van der Waals surface area (Å²) in [4.78, 5) is 58.7. The molecule has 66 heavy (non-hydrogen) atoms. The quantitative estimate of drug-likeness (QED) is 0.149. The Morgan fingerprint density at radius 2 is 1.59 bits per heavy atom. The van der Waals surface area contributed by atoms with Gasteiger partial charge in [-0.15, -0.1) is 6.58 Å². The van der Waals surface area contributed by atoms with Gasteiger partial charge in [0, 0.05) is 58.0 Å². The van der Waals surface area contributed by atoms with Crippen LogP contribution >= 0.6 is 0 Å². The van der Waals surface area contributed by atoms with E-state index >= 15 is 0 Å². The minimum atomic E-state index is -2.51. The third kappa shape index (κ3) is 11.6. The van der Waals surface area contributed by atoms with E-state index in [1.54, 1.807) is 27.0 Å². The van der Waals surface area contributed by atoms with Gasteiger partial charge in [-0.2, -0.15) is 0 Å². The van der Waals surface area contributed by atoms with E-state index in [0.29, 0.717) is 37.7 Å². The van der Waals surface area contributed by atoms with Crippen molar-refractivity contribution in [2.45, 2.75) is 160 Å². The summed E-state index contributed by atoms with van der Waals surface area (Å²) in [5.74, 6) is -7.39.